The summed E-state index contributed by atoms with van der Waals surface area (Å²) in [5, 5.41) is 20.2. The summed E-state index contributed by atoms with van der Waals surface area (Å²) in [5.41, 5.74) is -2.95. The first-order chi connectivity index (χ1) is 22.4. The molecule has 2 fully saturated rings. The molecule has 2 aromatic rings. The van der Waals surface area contributed by atoms with Crippen molar-refractivity contribution in [3.05, 3.63) is 59.7 Å². The van der Waals surface area contributed by atoms with Crippen LogP contribution in [0.3, 0.4) is 0 Å². The third kappa shape index (κ3) is 6.96. The Morgan fingerprint density at radius 3 is 2.13 bits per heavy atom. The van der Waals surface area contributed by atoms with Gasteiger partial charge in [0.2, 0.25) is 5.91 Å². The van der Waals surface area contributed by atoms with Crippen LogP contribution in [0.15, 0.2) is 48.5 Å². The summed E-state index contributed by atoms with van der Waals surface area (Å²) in [6.45, 7) is -0.695. The van der Waals surface area contributed by atoms with Crippen LogP contribution in [0, 0.1) is 11.8 Å². The van der Waals surface area contributed by atoms with Crippen LogP contribution < -0.4 is 21.3 Å². The number of nitrogens with one attached hydrogen (secondary N) is 4. The molecule has 2 aromatic carbocycles. The highest BCUT2D eigenvalue weighted by atomic mass is 19.4. The molecule has 2 aliphatic carbocycles. The monoisotopic (exact) mass is 656 g/mol. The van der Waals surface area contributed by atoms with E-state index in [1.807, 2.05) is 5.32 Å². The van der Waals surface area contributed by atoms with Crippen LogP contribution in [0.25, 0.3) is 11.1 Å². The van der Waals surface area contributed by atoms with Gasteiger partial charge in [-0.15, -0.1) is 0 Å². The Morgan fingerprint density at radius 2 is 1.60 bits per heavy atom. The molecule has 0 aromatic heterocycles. The molecular formula is C34H39F3N4O6. The van der Waals surface area contributed by atoms with Crippen molar-refractivity contribution in [3.8, 4) is 11.1 Å². The van der Waals surface area contributed by atoms with Gasteiger partial charge in [0.15, 0.2) is 11.3 Å². The van der Waals surface area contributed by atoms with Gasteiger partial charge in [0, 0.05) is 19.0 Å². The first-order valence-electron chi connectivity index (χ1n) is 16.0. The number of benzene rings is 2. The second-order valence-electron chi connectivity index (χ2n) is 12.8. The van der Waals surface area contributed by atoms with Crippen molar-refractivity contribution < 1.29 is 42.3 Å². The van der Waals surface area contributed by atoms with Crippen molar-refractivity contribution in [1.29, 1.82) is 0 Å². The second-order valence-corrected chi connectivity index (χ2v) is 12.8. The van der Waals surface area contributed by atoms with Gasteiger partial charge in [-0.3, -0.25) is 19.2 Å². The highest BCUT2D eigenvalue weighted by Gasteiger charge is 2.55. The molecule has 1 aliphatic heterocycles. The summed E-state index contributed by atoms with van der Waals surface area (Å²) in [5.74, 6) is -4.75. The number of aliphatic hydroxyl groups excluding tert-OH is 1. The van der Waals surface area contributed by atoms with Gasteiger partial charge < -0.3 is 31.2 Å². The number of Topliss-reactive ketones (excluding diaryl/α,β-unsaturated/α-hetero) is 1. The van der Waals surface area contributed by atoms with Crippen LogP contribution in [-0.4, -0.2) is 72.4 Å². The molecule has 10 nitrogen and oxygen atoms in total. The van der Waals surface area contributed by atoms with E-state index in [4.69, 9.17) is 0 Å². The number of alkyl halides is 3. The molecule has 1 saturated heterocycles. The van der Waals surface area contributed by atoms with E-state index < -0.39 is 53.4 Å². The maximum absolute atomic E-state index is 14.7. The minimum absolute atomic E-state index is 0.0208. The zero-order chi connectivity index (χ0) is 33.8. The third-order valence-electron chi connectivity index (χ3n) is 9.71. The summed E-state index contributed by atoms with van der Waals surface area (Å²) in [6.07, 6.45) is 0.167. The van der Waals surface area contributed by atoms with Gasteiger partial charge in [-0.1, -0.05) is 80.6 Å². The number of aliphatic hydroxyl groups is 1. The molecule has 1 heterocycles. The molecule has 0 spiro atoms. The smallest absolute Gasteiger partial charge is 0.389 e. The van der Waals surface area contributed by atoms with Gasteiger partial charge >= 0.3 is 12.1 Å². The van der Waals surface area contributed by atoms with E-state index in [1.165, 1.54) is 12.1 Å². The molecule has 252 valence electrons. The van der Waals surface area contributed by atoms with Crippen molar-refractivity contribution in [2.45, 2.75) is 74.7 Å². The van der Waals surface area contributed by atoms with Gasteiger partial charge in [-0.2, -0.15) is 13.2 Å². The van der Waals surface area contributed by atoms with Crippen molar-refractivity contribution in [3.63, 3.8) is 0 Å². The van der Waals surface area contributed by atoms with Gasteiger partial charge in [0.25, 0.3) is 5.91 Å². The molecule has 13 heteroatoms. The van der Waals surface area contributed by atoms with Gasteiger partial charge in [-0.05, 0) is 47.4 Å². The number of halogens is 3. The number of carbonyl (C=O) groups is 5. The lowest BCUT2D eigenvalue weighted by Crippen LogP contribution is -2.66. The van der Waals surface area contributed by atoms with E-state index >= 15 is 0 Å². The summed E-state index contributed by atoms with van der Waals surface area (Å²) >= 11 is 0. The van der Waals surface area contributed by atoms with E-state index in [0.717, 1.165) is 32.1 Å². The average molecular weight is 657 g/mol. The molecule has 1 saturated carbocycles. The van der Waals surface area contributed by atoms with Crippen LogP contribution >= 0.6 is 0 Å². The topological polar surface area (TPSA) is 154 Å². The first-order valence-corrected chi connectivity index (χ1v) is 16.0. The molecular weight excluding hydrogens is 617 g/mol. The van der Waals surface area contributed by atoms with E-state index in [-0.39, 0.29) is 42.3 Å². The maximum atomic E-state index is 14.7. The summed E-state index contributed by atoms with van der Waals surface area (Å²) < 4.78 is 41.5. The second kappa shape index (κ2) is 13.9. The Labute approximate surface area is 270 Å². The molecule has 47 heavy (non-hydrogen) atoms. The lowest BCUT2D eigenvalue weighted by atomic mass is 9.78. The fourth-order valence-corrected chi connectivity index (χ4v) is 7.32. The van der Waals surface area contributed by atoms with E-state index in [1.54, 1.807) is 36.4 Å². The number of hydrogen-bond acceptors (Lipinski definition) is 7. The first kappa shape index (κ1) is 34.2. The van der Waals surface area contributed by atoms with Gasteiger partial charge in [0.05, 0.1) is 6.04 Å². The molecule has 3 aliphatic rings. The highest BCUT2D eigenvalue weighted by molar-refractivity contribution is 6.04. The van der Waals surface area contributed by atoms with Crippen LogP contribution in [0.5, 0.6) is 0 Å². The van der Waals surface area contributed by atoms with Gasteiger partial charge in [-0.25, -0.2) is 0 Å². The fraction of sp³-hybridized carbons (Fsp3) is 0.500. The predicted octanol–water partition coefficient (Wildman–Crippen LogP) is 2.66. The Bertz CT molecular complexity index is 1480. The Balaban J connectivity index is 1.55. The van der Waals surface area contributed by atoms with Crippen LogP contribution in [0.4, 0.5) is 13.2 Å². The van der Waals surface area contributed by atoms with E-state index in [0.29, 0.717) is 30.4 Å². The van der Waals surface area contributed by atoms with Gasteiger partial charge in [0.1, 0.15) is 18.4 Å². The number of ketones is 1. The zero-order valence-electron chi connectivity index (χ0n) is 25.8. The van der Waals surface area contributed by atoms with Crippen molar-refractivity contribution in [2.75, 3.05) is 19.7 Å². The number of amides is 3. The number of rotatable bonds is 13. The number of carbonyl (C=O) groups excluding carboxylic acids is 5. The molecule has 0 radical (unpaired) electrons. The molecule has 0 bridgehead atoms. The molecule has 3 amide bonds. The third-order valence-corrected chi connectivity index (χ3v) is 9.71. The normalized spacial score (nSPS) is 20.7. The van der Waals surface area contributed by atoms with E-state index in [9.17, 15) is 42.3 Å². The summed E-state index contributed by atoms with van der Waals surface area (Å²) in [7, 11) is 0. The Hall–Kier alpha value is -4.10. The average Bonchev–Trinajstić information content (AvgIpc) is 3.61. The quantitative estimate of drug-likeness (QED) is 0.208. The maximum Gasteiger partial charge on any atom is 0.471 e. The highest BCUT2D eigenvalue weighted by Crippen LogP contribution is 2.48. The standard InChI is InChI=1S/C34H39F3N4O6/c35-34(36,37)31(47)41-33(25-12-6-4-10-23(25)24-11-5-7-13-26(24)33)30(46)40-32(20-43,17-21-8-2-1-3-9-21)19-39-27(28(44)18-42)16-22-14-15-38-29(22)45/h4-7,10-13,20-22,27,39,42H,1-3,8-9,14-19H2,(H,38,45)(H,40,46)(H,41,47)/t22-,27-,32+/m0/s1. The lowest BCUT2D eigenvalue weighted by molar-refractivity contribution is -0.176. The molecule has 5 rings (SSSR count). The van der Waals surface area contributed by atoms with E-state index in [2.05, 4.69) is 16.0 Å². The van der Waals surface area contributed by atoms with Crippen molar-refractivity contribution in [2.24, 2.45) is 11.8 Å². The minimum Gasteiger partial charge on any atom is -0.389 e. The SMILES string of the molecule is O=C[C@](CN[C@@H](C[C@@H]1CCNC1=O)C(=O)CO)(CC1CCCCC1)NC(=O)C1(NC(=O)C(F)(F)F)c2ccccc2-c2ccccc21. The van der Waals surface area contributed by atoms with Crippen LogP contribution in [0.1, 0.15) is 62.5 Å². The van der Waals surface area contributed by atoms with Crippen LogP contribution in [-0.2, 0) is 29.5 Å². The largest absolute Gasteiger partial charge is 0.471 e. The van der Waals surface area contributed by atoms with Crippen LogP contribution in [0.2, 0.25) is 0 Å². The number of aldehydes is 1. The zero-order valence-corrected chi connectivity index (χ0v) is 25.8. The van der Waals surface area contributed by atoms with Crippen molar-refractivity contribution in [1.82, 2.24) is 21.3 Å². The Kier molecular flexibility index (Phi) is 10.2. The minimum atomic E-state index is -5.32. The number of hydrogen-bond donors (Lipinski definition) is 5. The molecule has 0 unspecified atom stereocenters. The lowest BCUT2D eigenvalue weighted by Gasteiger charge is -2.40. The summed E-state index contributed by atoms with van der Waals surface area (Å²) in [6, 6.07) is 11.6. The summed E-state index contributed by atoms with van der Waals surface area (Å²) in [4.78, 5) is 65.6. The number of fused-ring (bicyclic) bond motifs is 3. The predicted molar refractivity (Wildman–Crippen MR) is 165 cm³/mol. The fourth-order valence-electron chi connectivity index (χ4n) is 7.32. The Morgan fingerprint density at radius 1 is 0.979 bits per heavy atom. The molecule has 3 atom stereocenters. The molecule has 5 N–H and O–H groups in total. The van der Waals surface area contributed by atoms with Crippen molar-refractivity contribution >= 4 is 29.8 Å².